The van der Waals surface area contributed by atoms with Crippen LogP contribution in [0.5, 0.6) is 0 Å². The summed E-state index contributed by atoms with van der Waals surface area (Å²) in [4.78, 5) is 13.4. The van der Waals surface area contributed by atoms with Crippen molar-refractivity contribution in [1.29, 1.82) is 0 Å². The fraction of sp³-hybridized carbons (Fsp3) is 0.923. The van der Waals surface area contributed by atoms with Crippen molar-refractivity contribution in [3.05, 3.63) is 0 Å². The first kappa shape index (κ1) is 16.2. The molecule has 0 atom stereocenters. The maximum absolute atomic E-state index is 11.7. The molecule has 1 heterocycles. The SMILES string of the molecule is CC(C)(C)OC(=O)N1CC(NCCCOCCO)C1. The summed E-state index contributed by atoms with van der Waals surface area (Å²) in [6.45, 7) is 8.98. The van der Waals surface area contributed by atoms with Gasteiger partial charge in [0.05, 0.1) is 13.2 Å². The van der Waals surface area contributed by atoms with E-state index in [1.165, 1.54) is 0 Å². The number of rotatable bonds is 7. The van der Waals surface area contributed by atoms with Crippen LogP contribution in [0.4, 0.5) is 4.79 Å². The van der Waals surface area contributed by atoms with Crippen LogP contribution in [-0.4, -0.2) is 67.2 Å². The van der Waals surface area contributed by atoms with Gasteiger partial charge in [0.2, 0.25) is 0 Å². The topological polar surface area (TPSA) is 71.0 Å². The Hall–Kier alpha value is -0.850. The lowest BCUT2D eigenvalue weighted by Gasteiger charge is -2.40. The van der Waals surface area contributed by atoms with Gasteiger partial charge in [-0.05, 0) is 33.7 Å². The molecule has 0 aromatic rings. The number of ether oxygens (including phenoxy) is 2. The summed E-state index contributed by atoms with van der Waals surface area (Å²) < 4.78 is 10.4. The molecule has 0 saturated carbocycles. The number of amides is 1. The first-order chi connectivity index (χ1) is 8.92. The second kappa shape index (κ2) is 7.67. The van der Waals surface area contributed by atoms with Crippen molar-refractivity contribution in [2.75, 3.05) is 39.5 Å². The summed E-state index contributed by atoms with van der Waals surface area (Å²) in [5.74, 6) is 0. The first-order valence-electron chi connectivity index (χ1n) is 6.82. The zero-order valence-electron chi connectivity index (χ0n) is 12.1. The molecule has 1 saturated heterocycles. The Bertz CT molecular complexity index is 272. The van der Waals surface area contributed by atoms with E-state index in [1.54, 1.807) is 4.90 Å². The van der Waals surface area contributed by atoms with E-state index >= 15 is 0 Å². The summed E-state index contributed by atoms with van der Waals surface area (Å²) in [7, 11) is 0. The lowest BCUT2D eigenvalue weighted by molar-refractivity contribution is 0.00507. The Morgan fingerprint density at radius 1 is 1.37 bits per heavy atom. The minimum Gasteiger partial charge on any atom is -0.444 e. The van der Waals surface area contributed by atoms with E-state index in [2.05, 4.69) is 5.32 Å². The van der Waals surface area contributed by atoms with Gasteiger partial charge in [-0.1, -0.05) is 0 Å². The quantitative estimate of drug-likeness (QED) is 0.665. The largest absolute Gasteiger partial charge is 0.444 e. The van der Waals surface area contributed by atoms with Crippen LogP contribution in [0.15, 0.2) is 0 Å². The van der Waals surface area contributed by atoms with Crippen LogP contribution in [0.25, 0.3) is 0 Å². The van der Waals surface area contributed by atoms with Gasteiger partial charge >= 0.3 is 6.09 Å². The fourth-order valence-corrected chi connectivity index (χ4v) is 1.73. The van der Waals surface area contributed by atoms with Gasteiger partial charge in [-0.15, -0.1) is 0 Å². The second-order valence-corrected chi connectivity index (χ2v) is 5.73. The van der Waals surface area contributed by atoms with E-state index in [1.807, 2.05) is 20.8 Å². The summed E-state index contributed by atoms with van der Waals surface area (Å²) in [6, 6.07) is 0.352. The highest BCUT2D eigenvalue weighted by molar-refractivity contribution is 5.69. The molecule has 112 valence electrons. The predicted octanol–water partition coefficient (Wildman–Crippen LogP) is 0.594. The molecule has 1 fully saturated rings. The van der Waals surface area contributed by atoms with Crippen LogP contribution in [0.3, 0.4) is 0 Å². The molecule has 0 spiro atoms. The maximum Gasteiger partial charge on any atom is 0.410 e. The van der Waals surface area contributed by atoms with E-state index in [0.29, 0.717) is 32.3 Å². The van der Waals surface area contributed by atoms with Gasteiger partial charge in [-0.25, -0.2) is 4.79 Å². The molecule has 6 heteroatoms. The highest BCUT2D eigenvalue weighted by Crippen LogP contribution is 2.14. The summed E-state index contributed by atoms with van der Waals surface area (Å²) >= 11 is 0. The normalized spacial score (nSPS) is 16.3. The number of carbonyl (C=O) groups is 1. The van der Waals surface area contributed by atoms with E-state index < -0.39 is 5.60 Å². The van der Waals surface area contributed by atoms with Crippen molar-refractivity contribution in [1.82, 2.24) is 10.2 Å². The summed E-state index contributed by atoms with van der Waals surface area (Å²) in [5.41, 5.74) is -0.431. The summed E-state index contributed by atoms with van der Waals surface area (Å²) in [6.07, 6.45) is 0.667. The average molecular weight is 274 g/mol. The maximum atomic E-state index is 11.7. The Morgan fingerprint density at radius 3 is 2.63 bits per heavy atom. The van der Waals surface area contributed by atoms with Gasteiger partial charge in [0, 0.05) is 25.7 Å². The average Bonchev–Trinajstić information content (AvgIpc) is 2.22. The van der Waals surface area contributed by atoms with Crippen LogP contribution in [-0.2, 0) is 9.47 Å². The van der Waals surface area contributed by atoms with E-state index in [9.17, 15) is 4.79 Å². The Labute approximate surface area is 115 Å². The van der Waals surface area contributed by atoms with Crippen LogP contribution in [0.1, 0.15) is 27.2 Å². The Kier molecular flexibility index (Phi) is 6.54. The molecule has 0 radical (unpaired) electrons. The molecular formula is C13H26N2O4. The Balaban J connectivity index is 1.99. The van der Waals surface area contributed by atoms with Crippen molar-refractivity contribution in [3.63, 3.8) is 0 Å². The smallest absolute Gasteiger partial charge is 0.410 e. The molecule has 1 aliphatic heterocycles. The number of nitrogens with zero attached hydrogens (tertiary/aromatic N) is 1. The minimum absolute atomic E-state index is 0.0703. The van der Waals surface area contributed by atoms with Gasteiger partial charge in [-0.3, -0.25) is 0 Å². The van der Waals surface area contributed by atoms with Crippen LogP contribution < -0.4 is 5.32 Å². The van der Waals surface area contributed by atoms with Crippen LogP contribution in [0, 0.1) is 0 Å². The van der Waals surface area contributed by atoms with Crippen LogP contribution >= 0.6 is 0 Å². The lowest BCUT2D eigenvalue weighted by Crippen LogP contribution is -2.60. The molecule has 19 heavy (non-hydrogen) atoms. The van der Waals surface area contributed by atoms with Gasteiger partial charge in [-0.2, -0.15) is 0 Å². The lowest BCUT2D eigenvalue weighted by atomic mass is 10.1. The molecule has 0 aliphatic carbocycles. The van der Waals surface area contributed by atoms with Crippen molar-refractivity contribution in [2.45, 2.75) is 38.8 Å². The van der Waals surface area contributed by atoms with Gasteiger partial charge in [0.1, 0.15) is 5.60 Å². The molecule has 1 aliphatic rings. The van der Waals surface area contributed by atoms with Crippen molar-refractivity contribution in [2.24, 2.45) is 0 Å². The fourth-order valence-electron chi connectivity index (χ4n) is 1.73. The van der Waals surface area contributed by atoms with E-state index in [0.717, 1.165) is 13.0 Å². The van der Waals surface area contributed by atoms with Gasteiger partial charge < -0.3 is 24.8 Å². The monoisotopic (exact) mass is 274 g/mol. The third kappa shape index (κ3) is 6.75. The van der Waals surface area contributed by atoms with Crippen molar-refractivity contribution in [3.8, 4) is 0 Å². The molecule has 0 aromatic carbocycles. The number of aliphatic hydroxyl groups excluding tert-OH is 1. The minimum atomic E-state index is -0.431. The second-order valence-electron chi connectivity index (χ2n) is 5.73. The number of aliphatic hydroxyl groups is 1. The molecule has 0 bridgehead atoms. The Morgan fingerprint density at radius 2 is 2.05 bits per heavy atom. The first-order valence-corrected chi connectivity index (χ1v) is 6.82. The highest BCUT2D eigenvalue weighted by Gasteiger charge is 2.32. The molecule has 1 amide bonds. The zero-order chi connectivity index (χ0) is 14.3. The van der Waals surface area contributed by atoms with E-state index in [-0.39, 0.29) is 12.7 Å². The molecule has 0 unspecified atom stereocenters. The number of hydrogen-bond donors (Lipinski definition) is 2. The zero-order valence-corrected chi connectivity index (χ0v) is 12.1. The van der Waals surface area contributed by atoms with Crippen LogP contribution in [0.2, 0.25) is 0 Å². The van der Waals surface area contributed by atoms with E-state index in [4.69, 9.17) is 14.6 Å². The molecule has 0 aromatic heterocycles. The third-order valence-electron chi connectivity index (χ3n) is 2.67. The standard InChI is InChI=1S/C13H26N2O4/c1-13(2,3)19-12(17)15-9-11(10-15)14-5-4-7-18-8-6-16/h11,14,16H,4-10H2,1-3H3. The molecule has 6 nitrogen and oxygen atoms in total. The van der Waals surface area contributed by atoms with Gasteiger partial charge in [0.15, 0.2) is 0 Å². The predicted molar refractivity (Wildman–Crippen MR) is 72.1 cm³/mol. The van der Waals surface area contributed by atoms with Crippen molar-refractivity contribution < 1.29 is 19.4 Å². The number of hydrogen-bond acceptors (Lipinski definition) is 5. The molecular weight excluding hydrogens is 248 g/mol. The highest BCUT2D eigenvalue weighted by atomic mass is 16.6. The molecule has 1 rings (SSSR count). The third-order valence-corrected chi connectivity index (χ3v) is 2.67. The number of nitrogens with one attached hydrogen (secondary N) is 1. The van der Waals surface area contributed by atoms with Gasteiger partial charge in [0.25, 0.3) is 0 Å². The molecule has 2 N–H and O–H groups in total. The summed E-state index contributed by atoms with van der Waals surface area (Å²) in [5, 5.41) is 11.9. The number of likely N-dealkylation sites (tertiary alicyclic amines) is 1. The number of carbonyl (C=O) groups excluding carboxylic acids is 1. The van der Waals surface area contributed by atoms with Crippen molar-refractivity contribution >= 4 is 6.09 Å².